The van der Waals surface area contributed by atoms with E-state index in [-0.39, 0.29) is 17.4 Å². The summed E-state index contributed by atoms with van der Waals surface area (Å²) in [6.07, 6.45) is 5.63. The third kappa shape index (κ3) is 10.1. The Morgan fingerprint density at radius 1 is 0.778 bits per heavy atom. The number of ether oxygens (including phenoxy) is 2. The number of carbonyl (C=O) groups is 4. The summed E-state index contributed by atoms with van der Waals surface area (Å²) in [7, 11) is 0. The van der Waals surface area contributed by atoms with Crippen molar-refractivity contribution >= 4 is 23.9 Å². The molecular formula is C21H34O6. The van der Waals surface area contributed by atoms with E-state index in [0.717, 1.165) is 25.7 Å². The normalized spacial score (nSPS) is 12.7. The van der Waals surface area contributed by atoms with Gasteiger partial charge in [-0.3, -0.25) is 14.4 Å². The second-order valence-electron chi connectivity index (χ2n) is 6.78. The first-order chi connectivity index (χ1) is 12.8. The molecular weight excluding hydrogens is 348 g/mol. The number of unbranched alkanes of at least 4 members (excludes halogenated alkanes) is 2. The Labute approximate surface area is 162 Å². The van der Waals surface area contributed by atoms with Gasteiger partial charge in [-0.25, -0.2) is 4.79 Å². The summed E-state index contributed by atoms with van der Waals surface area (Å²) in [5.74, 6) is -3.68. The zero-order valence-corrected chi connectivity index (χ0v) is 17.2. The van der Waals surface area contributed by atoms with E-state index in [1.165, 1.54) is 0 Å². The summed E-state index contributed by atoms with van der Waals surface area (Å²) in [5, 5.41) is 0. The molecule has 0 aliphatic carbocycles. The van der Waals surface area contributed by atoms with Gasteiger partial charge < -0.3 is 9.47 Å². The lowest BCUT2D eigenvalue weighted by molar-refractivity contribution is -0.165. The van der Waals surface area contributed by atoms with Gasteiger partial charge in [-0.05, 0) is 25.7 Å². The van der Waals surface area contributed by atoms with Gasteiger partial charge in [-0.2, -0.15) is 0 Å². The Kier molecular flexibility index (Phi) is 13.1. The molecule has 0 aliphatic heterocycles. The average Bonchev–Trinajstić information content (AvgIpc) is 2.62. The molecule has 0 aromatic carbocycles. The summed E-state index contributed by atoms with van der Waals surface area (Å²) >= 11 is 0. The fraction of sp³-hybridized carbons (Fsp3) is 0.714. The molecule has 0 heterocycles. The molecule has 0 fully saturated rings. The molecule has 0 aromatic rings. The van der Waals surface area contributed by atoms with Gasteiger partial charge in [0.05, 0.1) is 18.3 Å². The maximum Gasteiger partial charge on any atom is 0.341 e. The van der Waals surface area contributed by atoms with Crippen molar-refractivity contribution in [3.63, 3.8) is 0 Å². The fourth-order valence-corrected chi connectivity index (χ4v) is 2.60. The van der Waals surface area contributed by atoms with Crippen molar-refractivity contribution in [1.82, 2.24) is 0 Å². The van der Waals surface area contributed by atoms with E-state index in [4.69, 9.17) is 9.47 Å². The molecule has 0 aromatic heterocycles. The van der Waals surface area contributed by atoms with Crippen molar-refractivity contribution in [3.8, 4) is 0 Å². The van der Waals surface area contributed by atoms with Crippen molar-refractivity contribution in [1.29, 1.82) is 0 Å². The minimum Gasteiger partial charge on any atom is -0.393 e. The molecule has 2 unspecified atom stereocenters. The van der Waals surface area contributed by atoms with E-state index in [9.17, 15) is 19.2 Å². The summed E-state index contributed by atoms with van der Waals surface area (Å²) in [5.41, 5.74) is -0.201. The average molecular weight is 382 g/mol. The number of hydrogen-bond acceptors (Lipinski definition) is 6. The minimum atomic E-state index is -0.947. The Bertz CT molecular complexity index is 523. The fourth-order valence-electron chi connectivity index (χ4n) is 2.60. The van der Waals surface area contributed by atoms with Crippen LogP contribution in [0.25, 0.3) is 0 Å². The van der Waals surface area contributed by atoms with Crippen molar-refractivity contribution in [2.45, 2.75) is 85.5 Å². The molecule has 6 nitrogen and oxygen atoms in total. The number of hydrogen-bond donors (Lipinski definition) is 0. The van der Waals surface area contributed by atoms with Crippen LogP contribution < -0.4 is 0 Å². The molecule has 0 bridgehead atoms. The van der Waals surface area contributed by atoms with Crippen LogP contribution in [0.2, 0.25) is 0 Å². The second kappa shape index (κ2) is 14.1. The van der Waals surface area contributed by atoms with Crippen LogP contribution in [-0.2, 0) is 28.7 Å². The van der Waals surface area contributed by atoms with Gasteiger partial charge in [-0.1, -0.05) is 60.0 Å². The Balaban J connectivity index is 4.52. The van der Waals surface area contributed by atoms with Gasteiger partial charge in [0.2, 0.25) is 0 Å². The molecule has 27 heavy (non-hydrogen) atoms. The molecule has 0 aliphatic rings. The minimum absolute atomic E-state index is 0.201. The highest BCUT2D eigenvalue weighted by Gasteiger charge is 2.25. The van der Waals surface area contributed by atoms with Crippen LogP contribution in [-0.4, -0.2) is 23.9 Å². The first-order valence-electron chi connectivity index (χ1n) is 9.98. The van der Waals surface area contributed by atoms with E-state index in [2.05, 4.69) is 6.58 Å². The molecule has 0 saturated carbocycles. The zero-order valence-electron chi connectivity index (χ0n) is 17.2. The van der Waals surface area contributed by atoms with Crippen molar-refractivity contribution < 1.29 is 28.7 Å². The van der Waals surface area contributed by atoms with E-state index in [0.29, 0.717) is 25.7 Å². The molecule has 2 atom stereocenters. The highest BCUT2D eigenvalue weighted by Crippen LogP contribution is 2.17. The summed E-state index contributed by atoms with van der Waals surface area (Å²) in [6, 6.07) is 0. The molecule has 154 valence electrons. The van der Waals surface area contributed by atoms with Crippen LogP contribution >= 0.6 is 0 Å². The topological polar surface area (TPSA) is 86.7 Å². The van der Waals surface area contributed by atoms with Crippen LogP contribution in [0.4, 0.5) is 0 Å². The van der Waals surface area contributed by atoms with Crippen LogP contribution in [0.3, 0.4) is 0 Å². The summed E-state index contributed by atoms with van der Waals surface area (Å²) in [6.45, 7) is 11.2. The lowest BCUT2D eigenvalue weighted by atomic mass is 9.99. The van der Waals surface area contributed by atoms with Gasteiger partial charge in [0, 0.05) is 5.57 Å². The van der Waals surface area contributed by atoms with Crippen LogP contribution in [0.15, 0.2) is 12.2 Å². The van der Waals surface area contributed by atoms with Gasteiger partial charge in [0.25, 0.3) is 0 Å². The Hall–Kier alpha value is -1.98. The van der Waals surface area contributed by atoms with Crippen LogP contribution in [0.1, 0.15) is 85.5 Å². The summed E-state index contributed by atoms with van der Waals surface area (Å²) < 4.78 is 9.64. The first kappa shape index (κ1) is 25.0. The summed E-state index contributed by atoms with van der Waals surface area (Å²) in [4.78, 5) is 47.9. The highest BCUT2D eigenvalue weighted by atomic mass is 16.6. The van der Waals surface area contributed by atoms with Gasteiger partial charge in [0.15, 0.2) is 0 Å². The smallest absolute Gasteiger partial charge is 0.341 e. The maximum absolute atomic E-state index is 12.0. The van der Waals surface area contributed by atoms with Crippen molar-refractivity contribution in [2.24, 2.45) is 11.8 Å². The SMILES string of the molecule is C=C(CC(=O)OC(=O)C(CC)CCCC)C(=O)OC(=O)C(CC)CCCC. The molecule has 6 heteroatoms. The van der Waals surface area contributed by atoms with Crippen molar-refractivity contribution in [2.75, 3.05) is 0 Å². The predicted molar refractivity (Wildman–Crippen MR) is 103 cm³/mol. The van der Waals surface area contributed by atoms with E-state index in [1.54, 1.807) is 0 Å². The number of esters is 4. The van der Waals surface area contributed by atoms with Gasteiger partial charge in [-0.15, -0.1) is 0 Å². The molecule has 0 saturated heterocycles. The van der Waals surface area contributed by atoms with Gasteiger partial charge >= 0.3 is 23.9 Å². The van der Waals surface area contributed by atoms with E-state index >= 15 is 0 Å². The largest absolute Gasteiger partial charge is 0.393 e. The molecule has 0 amide bonds. The standard InChI is InChI=1S/C21H34O6/c1-6-10-12-16(8-3)20(24)26-18(22)14-15(5)19(23)27-21(25)17(9-4)13-11-7-2/h16-17H,5-14H2,1-4H3. The molecule has 0 spiro atoms. The Morgan fingerprint density at radius 2 is 1.22 bits per heavy atom. The zero-order chi connectivity index (χ0) is 20.8. The Morgan fingerprint density at radius 3 is 1.63 bits per heavy atom. The third-order valence-electron chi connectivity index (χ3n) is 4.52. The van der Waals surface area contributed by atoms with Crippen LogP contribution in [0, 0.1) is 11.8 Å². The van der Waals surface area contributed by atoms with E-state index in [1.807, 2.05) is 27.7 Å². The molecule has 0 radical (unpaired) electrons. The predicted octanol–water partition coefficient (Wildman–Crippen LogP) is 4.51. The number of rotatable bonds is 13. The monoisotopic (exact) mass is 382 g/mol. The molecule has 0 N–H and O–H groups in total. The highest BCUT2D eigenvalue weighted by molar-refractivity contribution is 6.00. The first-order valence-corrected chi connectivity index (χ1v) is 9.98. The van der Waals surface area contributed by atoms with Crippen molar-refractivity contribution in [3.05, 3.63) is 12.2 Å². The third-order valence-corrected chi connectivity index (χ3v) is 4.52. The van der Waals surface area contributed by atoms with Gasteiger partial charge in [0.1, 0.15) is 0 Å². The second-order valence-corrected chi connectivity index (χ2v) is 6.78. The maximum atomic E-state index is 12.0. The lowest BCUT2D eigenvalue weighted by Gasteiger charge is -2.14. The lowest BCUT2D eigenvalue weighted by Crippen LogP contribution is -2.24. The molecule has 0 rings (SSSR count). The van der Waals surface area contributed by atoms with E-state index < -0.39 is 30.3 Å². The van der Waals surface area contributed by atoms with Crippen LogP contribution in [0.5, 0.6) is 0 Å². The quantitative estimate of drug-likeness (QED) is 0.265. The number of carbonyl (C=O) groups excluding carboxylic acids is 4.